The van der Waals surface area contributed by atoms with Crippen LogP contribution in [0.1, 0.15) is 29.6 Å². The maximum atomic E-state index is 4.62. The zero-order valence-electron chi connectivity index (χ0n) is 10.9. The minimum absolute atomic E-state index is 0.365. The van der Waals surface area contributed by atoms with Crippen LogP contribution in [0.3, 0.4) is 0 Å². The van der Waals surface area contributed by atoms with Gasteiger partial charge in [-0.15, -0.1) is 11.3 Å². The van der Waals surface area contributed by atoms with Crippen LogP contribution in [0, 0.1) is 0 Å². The normalized spacial score (nSPS) is 19.7. The lowest BCUT2D eigenvalue weighted by molar-refractivity contribution is 0.244. The van der Waals surface area contributed by atoms with Crippen molar-refractivity contribution in [2.75, 3.05) is 18.9 Å². The molecule has 1 N–H and O–H groups in total. The molecule has 100 valence electrons. The van der Waals surface area contributed by atoms with Gasteiger partial charge in [-0.25, -0.2) is 9.97 Å². The number of aromatic nitrogens is 3. The molecule has 1 atom stereocenters. The van der Waals surface area contributed by atoms with Crippen molar-refractivity contribution in [3.8, 4) is 0 Å². The van der Waals surface area contributed by atoms with Gasteiger partial charge in [0.1, 0.15) is 10.8 Å². The molecule has 0 aromatic carbocycles. The van der Waals surface area contributed by atoms with Gasteiger partial charge in [-0.05, 0) is 19.4 Å². The Hall–Kier alpha value is -1.53. The molecule has 2 aromatic rings. The number of thiazole rings is 1. The predicted molar refractivity (Wildman–Crippen MR) is 76.1 cm³/mol. The Morgan fingerprint density at radius 1 is 1.47 bits per heavy atom. The highest BCUT2D eigenvalue weighted by Gasteiger charge is 2.28. The molecule has 3 rings (SSSR count). The number of nitrogens with zero attached hydrogens (tertiary/aromatic N) is 4. The van der Waals surface area contributed by atoms with Gasteiger partial charge in [0, 0.05) is 18.6 Å². The standard InChI is InChI=1S/C13H17N5S/c1-14-12-8-15-7-10(17-12)11-3-2-5-18(11)9-13-16-4-6-19-13/h4,6-8,11H,2-3,5,9H2,1H3,(H,14,17). The van der Waals surface area contributed by atoms with Gasteiger partial charge in [0.25, 0.3) is 0 Å². The average Bonchev–Trinajstić information content (AvgIpc) is 3.11. The Balaban J connectivity index is 1.78. The van der Waals surface area contributed by atoms with Crippen LogP contribution in [0.25, 0.3) is 0 Å². The smallest absolute Gasteiger partial charge is 0.144 e. The SMILES string of the molecule is CNc1cncc(C2CCCN2Cc2nccs2)n1. The maximum absolute atomic E-state index is 4.62. The van der Waals surface area contributed by atoms with Gasteiger partial charge in [-0.2, -0.15) is 0 Å². The zero-order chi connectivity index (χ0) is 13.1. The first-order valence-corrected chi connectivity index (χ1v) is 7.37. The van der Waals surface area contributed by atoms with Gasteiger partial charge in [0.15, 0.2) is 0 Å². The number of hydrogen-bond donors (Lipinski definition) is 1. The molecule has 1 aliphatic rings. The van der Waals surface area contributed by atoms with Crippen LogP contribution in [0.15, 0.2) is 24.0 Å². The summed E-state index contributed by atoms with van der Waals surface area (Å²) in [5.41, 5.74) is 1.06. The highest BCUT2D eigenvalue weighted by atomic mass is 32.1. The predicted octanol–water partition coefficient (Wildman–Crippen LogP) is 2.31. The van der Waals surface area contributed by atoms with Crippen LogP contribution in [-0.2, 0) is 6.54 Å². The quantitative estimate of drug-likeness (QED) is 0.928. The second-order valence-corrected chi connectivity index (χ2v) is 5.61. The van der Waals surface area contributed by atoms with Gasteiger partial charge in [-0.1, -0.05) is 0 Å². The van der Waals surface area contributed by atoms with Crippen molar-refractivity contribution >= 4 is 17.2 Å². The lowest BCUT2D eigenvalue weighted by atomic mass is 10.1. The maximum Gasteiger partial charge on any atom is 0.144 e. The highest BCUT2D eigenvalue weighted by molar-refractivity contribution is 7.09. The van der Waals surface area contributed by atoms with Crippen LogP contribution < -0.4 is 5.32 Å². The third kappa shape index (κ3) is 2.74. The molecule has 0 radical (unpaired) electrons. The Labute approximate surface area is 116 Å². The number of rotatable bonds is 4. The lowest BCUT2D eigenvalue weighted by Crippen LogP contribution is -2.23. The topological polar surface area (TPSA) is 53.9 Å². The molecular formula is C13H17N5S. The van der Waals surface area contributed by atoms with Gasteiger partial charge >= 0.3 is 0 Å². The summed E-state index contributed by atoms with van der Waals surface area (Å²) >= 11 is 1.71. The minimum atomic E-state index is 0.365. The largest absolute Gasteiger partial charge is 0.372 e. The molecule has 2 aromatic heterocycles. The average molecular weight is 275 g/mol. The molecule has 6 heteroatoms. The number of hydrogen-bond acceptors (Lipinski definition) is 6. The molecule has 0 aliphatic carbocycles. The Kier molecular flexibility index (Phi) is 3.70. The third-order valence-electron chi connectivity index (χ3n) is 3.44. The minimum Gasteiger partial charge on any atom is -0.372 e. The monoisotopic (exact) mass is 275 g/mol. The number of anilines is 1. The van der Waals surface area contributed by atoms with E-state index in [1.165, 1.54) is 11.4 Å². The fourth-order valence-electron chi connectivity index (χ4n) is 2.52. The molecule has 5 nitrogen and oxygen atoms in total. The van der Waals surface area contributed by atoms with Crippen molar-refractivity contribution in [3.63, 3.8) is 0 Å². The molecule has 1 fully saturated rings. The molecular weight excluding hydrogens is 258 g/mol. The highest BCUT2D eigenvalue weighted by Crippen LogP contribution is 2.32. The van der Waals surface area contributed by atoms with Gasteiger partial charge in [-0.3, -0.25) is 9.88 Å². The lowest BCUT2D eigenvalue weighted by Gasteiger charge is -2.22. The van der Waals surface area contributed by atoms with E-state index in [-0.39, 0.29) is 0 Å². The Morgan fingerprint density at radius 3 is 3.21 bits per heavy atom. The molecule has 19 heavy (non-hydrogen) atoms. The summed E-state index contributed by atoms with van der Waals surface area (Å²) in [5, 5.41) is 6.25. The fourth-order valence-corrected chi connectivity index (χ4v) is 3.16. The van der Waals surface area contributed by atoms with Crippen molar-refractivity contribution in [3.05, 3.63) is 34.7 Å². The van der Waals surface area contributed by atoms with Crippen molar-refractivity contribution < 1.29 is 0 Å². The fraction of sp³-hybridized carbons (Fsp3) is 0.462. The molecule has 3 heterocycles. The molecule has 0 spiro atoms. The third-order valence-corrected chi connectivity index (χ3v) is 4.20. The van der Waals surface area contributed by atoms with E-state index in [1.54, 1.807) is 17.5 Å². The number of nitrogens with one attached hydrogen (secondary N) is 1. The second-order valence-electron chi connectivity index (χ2n) is 4.63. The van der Waals surface area contributed by atoms with Crippen molar-refractivity contribution in [2.45, 2.75) is 25.4 Å². The van der Waals surface area contributed by atoms with Crippen LogP contribution in [0.4, 0.5) is 5.82 Å². The van der Waals surface area contributed by atoms with Crippen LogP contribution in [0.5, 0.6) is 0 Å². The van der Waals surface area contributed by atoms with E-state index in [0.29, 0.717) is 6.04 Å². The summed E-state index contributed by atoms with van der Waals surface area (Å²) in [7, 11) is 1.87. The van der Waals surface area contributed by atoms with Crippen LogP contribution >= 0.6 is 11.3 Å². The van der Waals surface area contributed by atoms with E-state index in [2.05, 4.69) is 25.2 Å². The van der Waals surface area contributed by atoms with Crippen molar-refractivity contribution in [2.24, 2.45) is 0 Å². The van der Waals surface area contributed by atoms with E-state index >= 15 is 0 Å². The van der Waals surface area contributed by atoms with Gasteiger partial charge in [0.2, 0.25) is 0 Å². The van der Waals surface area contributed by atoms with Gasteiger partial charge < -0.3 is 5.32 Å². The first kappa shape index (κ1) is 12.5. The molecule has 1 unspecified atom stereocenters. The van der Waals surface area contributed by atoms with Crippen LogP contribution in [-0.4, -0.2) is 33.4 Å². The molecule has 1 saturated heterocycles. The summed E-state index contributed by atoms with van der Waals surface area (Å²) in [4.78, 5) is 15.7. The van der Waals surface area contributed by atoms with E-state index < -0.39 is 0 Å². The van der Waals surface area contributed by atoms with Crippen molar-refractivity contribution in [1.29, 1.82) is 0 Å². The summed E-state index contributed by atoms with van der Waals surface area (Å²) in [6, 6.07) is 0.365. The summed E-state index contributed by atoms with van der Waals surface area (Å²) in [6.07, 6.45) is 7.86. The van der Waals surface area contributed by atoms with Crippen molar-refractivity contribution in [1.82, 2.24) is 19.9 Å². The molecule has 1 aliphatic heterocycles. The van der Waals surface area contributed by atoms with Crippen LogP contribution in [0.2, 0.25) is 0 Å². The molecule has 0 saturated carbocycles. The molecule has 0 amide bonds. The number of likely N-dealkylation sites (tertiary alicyclic amines) is 1. The zero-order valence-corrected chi connectivity index (χ0v) is 11.7. The first-order chi connectivity index (χ1) is 9.36. The van der Waals surface area contributed by atoms with E-state index in [9.17, 15) is 0 Å². The van der Waals surface area contributed by atoms with E-state index in [4.69, 9.17) is 0 Å². The van der Waals surface area contributed by atoms with E-state index in [1.807, 2.05) is 24.8 Å². The Bertz CT molecular complexity index is 528. The summed E-state index contributed by atoms with van der Waals surface area (Å²) in [5.74, 6) is 0.832. The second kappa shape index (κ2) is 5.63. The Morgan fingerprint density at radius 2 is 2.42 bits per heavy atom. The first-order valence-electron chi connectivity index (χ1n) is 6.49. The van der Waals surface area contributed by atoms with E-state index in [0.717, 1.165) is 31.0 Å². The van der Waals surface area contributed by atoms with Gasteiger partial charge in [0.05, 0.1) is 30.7 Å². The summed E-state index contributed by atoms with van der Waals surface area (Å²) in [6.45, 7) is 2.02. The summed E-state index contributed by atoms with van der Waals surface area (Å²) < 4.78 is 0. The molecule has 0 bridgehead atoms.